The van der Waals surface area contributed by atoms with Gasteiger partial charge in [-0.15, -0.1) is 0 Å². The van der Waals surface area contributed by atoms with Crippen molar-refractivity contribution in [3.63, 3.8) is 0 Å². The van der Waals surface area contributed by atoms with Crippen molar-refractivity contribution >= 4 is 23.9 Å². The number of carboxylic acid groups (broad SMARTS) is 4. The zero-order valence-electron chi connectivity index (χ0n) is 9.19. The molecule has 4 unspecified atom stereocenters. The van der Waals surface area contributed by atoms with Gasteiger partial charge in [0.1, 0.15) is 12.2 Å². The van der Waals surface area contributed by atoms with Gasteiger partial charge in [-0.1, -0.05) is 0 Å². The predicted molar refractivity (Wildman–Crippen MR) is 35.7 cm³/mol. The molecular formula is C8H4Ag4O9. The summed E-state index contributed by atoms with van der Waals surface area (Å²) in [7, 11) is 0. The van der Waals surface area contributed by atoms with Crippen molar-refractivity contribution in [1.82, 2.24) is 0 Å². The summed E-state index contributed by atoms with van der Waals surface area (Å²) in [4.78, 5) is 42.2. The fraction of sp³-hybridized carbons (Fsp3) is 0.500. The van der Waals surface area contributed by atoms with Crippen LogP contribution in [0.5, 0.6) is 0 Å². The fourth-order valence-corrected chi connectivity index (χ4v) is 1.65. The van der Waals surface area contributed by atoms with Gasteiger partial charge >= 0.3 is 89.5 Å². The Morgan fingerprint density at radius 2 is 0.810 bits per heavy atom. The van der Waals surface area contributed by atoms with E-state index in [-0.39, 0.29) is 89.5 Å². The van der Waals surface area contributed by atoms with E-state index in [0.29, 0.717) is 0 Å². The summed E-state index contributed by atoms with van der Waals surface area (Å²) in [5.74, 6) is -12.7. The Bertz CT molecular complexity index is 365. The maximum Gasteiger partial charge on any atom is 1.00 e. The van der Waals surface area contributed by atoms with E-state index in [0.717, 1.165) is 0 Å². The first-order valence-electron chi connectivity index (χ1n) is 4.26. The molecule has 1 fully saturated rings. The van der Waals surface area contributed by atoms with Crippen LogP contribution in [0.15, 0.2) is 0 Å². The first-order valence-corrected chi connectivity index (χ1v) is 4.26. The van der Waals surface area contributed by atoms with Crippen LogP contribution < -0.4 is 20.4 Å². The quantitative estimate of drug-likeness (QED) is 0.263. The van der Waals surface area contributed by atoms with Crippen molar-refractivity contribution in [3.05, 3.63) is 0 Å². The molecule has 134 valence electrons. The van der Waals surface area contributed by atoms with Gasteiger partial charge in [-0.05, 0) is 0 Å². The maximum absolute atomic E-state index is 10.6. The van der Waals surface area contributed by atoms with Crippen LogP contribution in [-0.4, -0.2) is 36.1 Å². The zero-order chi connectivity index (χ0) is 13.3. The molecule has 21 heavy (non-hydrogen) atoms. The molecule has 9 nitrogen and oxygen atoms in total. The molecule has 13 heteroatoms. The normalized spacial score (nSPS) is 25.9. The molecule has 0 aromatic carbocycles. The Labute approximate surface area is 180 Å². The van der Waals surface area contributed by atoms with E-state index in [4.69, 9.17) is 0 Å². The molecule has 0 radical (unpaired) electrons. The van der Waals surface area contributed by atoms with Gasteiger partial charge in [0.05, 0.1) is 11.9 Å². The molecular weight excluding hydrogens is 672 g/mol. The number of rotatable bonds is 4. The molecule has 1 saturated heterocycles. The van der Waals surface area contributed by atoms with E-state index < -0.39 is 47.9 Å². The van der Waals surface area contributed by atoms with E-state index in [2.05, 4.69) is 4.74 Å². The van der Waals surface area contributed by atoms with E-state index in [1.807, 2.05) is 0 Å². The Hall–Kier alpha value is 0.801. The Morgan fingerprint density at radius 3 is 0.952 bits per heavy atom. The molecule has 0 N–H and O–H groups in total. The van der Waals surface area contributed by atoms with Gasteiger partial charge in [0.25, 0.3) is 0 Å². The number of hydrogen-bond acceptors (Lipinski definition) is 9. The SMILES string of the molecule is O=C([O-])C1OC(C(=O)[O-])C(C(=O)[O-])C1C(=O)[O-].[Ag+].[Ag+].[Ag+].[Ag+]. The number of hydrogen-bond donors (Lipinski definition) is 0. The molecule has 1 heterocycles. The number of carbonyl (C=O) groups is 4. The van der Waals surface area contributed by atoms with Crippen LogP contribution in [0.1, 0.15) is 0 Å². The first-order chi connectivity index (χ1) is 7.77. The van der Waals surface area contributed by atoms with Crippen LogP contribution in [0.2, 0.25) is 0 Å². The summed E-state index contributed by atoms with van der Waals surface area (Å²) in [6.45, 7) is 0. The summed E-state index contributed by atoms with van der Waals surface area (Å²) in [5.41, 5.74) is 0. The van der Waals surface area contributed by atoms with Gasteiger partial charge in [0.2, 0.25) is 0 Å². The summed E-state index contributed by atoms with van der Waals surface area (Å²) in [6, 6.07) is 0. The van der Waals surface area contributed by atoms with Crippen LogP contribution in [0.3, 0.4) is 0 Å². The minimum absolute atomic E-state index is 0. The summed E-state index contributed by atoms with van der Waals surface area (Å²) < 4.78 is 4.27. The van der Waals surface area contributed by atoms with Crippen LogP contribution in [0.4, 0.5) is 0 Å². The molecule has 0 amide bonds. The Morgan fingerprint density at radius 1 is 0.571 bits per heavy atom. The zero-order valence-corrected chi connectivity index (χ0v) is 15.1. The largest absolute Gasteiger partial charge is 1.00 e. The van der Waals surface area contributed by atoms with Gasteiger partial charge < -0.3 is 44.3 Å². The van der Waals surface area contributed by atoms with E-state index in [9.17, 15) is 39.6 Å². The molecule has 0 aliphatic carbocycles. The van der Waals surface area contributed by atoms with Crippen molar-refractivity contribution in [1.29, 1.82) is 0 Å². The van der Waals surface area contributed by atoms with E-state index >= 15 is 0 Å². The molecule has 4 atom stereocenters. The average Bonchev–Trinajstić information content (AvgIpc) is 2.56. The number of carbonyl (C=O) groups excluding carboxylic acids is 4. The van der Waals surface area contributed by atoms with Crippen molar-refractivity contribution in [2.45, 2.75) is 12.2 Å². The number of ether oxygens (including phenoxy) is 1. The molecule has 0 aromatic heterocycles. The number of aliphatic carboxylic acids is 4. The van der Waals surface area contributed by atoms with Crippen LogP contribution in [0, 0.1) is 11.8 Å². The molecule has 1 aliphatic heterocycles. The van der Waals surface area contributed by atoms with Crippen LogP contribution in [0.25, 0.3) is 0 Å². The molecule has 0 saturated carbocycles. The van der Waals surface area contributed by atoms with Gasteiger partial charge in [0.15, 0.2) is 0 Å². The van der Waals surface area contributed by atoms with E-state index in [1.165, 1.54) is 0 Å². The molecule has 0 bridgehead atoms. The third-order valence-electron chi connectivity index (χ3n) is 2.34. The third kappa shape index (κ3) is 6.83. The second kappa shape index (κ2) is 12.3. The second-order valence-corrected chi connectivity index (χ2v) is 3.30. The van der Waals surface area contributed by atoms with Crippen molar-refractivity contribution < 1.29 is 134 Å². The van der Waals surface area contributed by atoms with Crippen LogP contribution >= 0.6 is 0 Å². The molecule has 0 aromatic rings. The van der Waals surface area contributed by atoms with Crippen molar-refractivity contribution in [3.8, 4) is 0 Å². The van der Waals surface area contributed by atoms with Gasteiger partial charge in [-0.25, -0.2) is 0 Å². The Balaban J connectivity index is -0.000000361. The van der Waals surface area contributed by atoms with Crippen molar-refractivity contribution in [2.75, 3.05) is 0 Å². The van der Waals surface area contributed by atoms with Gasteiger partial charge in [-0.2, -0.15) is 0 Å². The molecule has 1 aliphatic rings. The average molecular weight is 676 g/mol. The number of carboxylic acids is 4. The van der Waals surface area contributed by atoms with E-state index in [1.54, 1.807) is 0 Å². The monoisotopic (exact) mass is 672 g/mol. The summed E-state index contributed by atoms with van der Waals surface area (Å²) in [5, 5.41) is 42.2. The minimum Gasteiger partial charge on any atom is -0.550 e. The molecule has 1 rings (SSSR count). The smallest absolute Gasteiger partial charge is 0.550 e. The van der Waals surface area contributed by atoms with Gasteiger partial charge in [-0.3, -0.25) is 0 Å². The second-order valence-electron chi connectivity index (χ2n) is 3.30. The van der Waals surface area contributed by atoms with Crippen LogP contribution in [-0.2, 0) is 113 Å². The third-order valence-corrected chi connectivity index (χ3v) is 2.34. The Kier molecular flexibility index (Phi) is 17.4. The predicted octanol–water partition coefficient (Wildman–Crippen LogP) is -7.02. The standard InChI is InChI=1S/C8H8O9.4Ag/c9-5(10)1-2(6(11)12)4(8(15)16)17-3(1)7(13)14;;;;/h1-4H,(H,9,10)(H,11,12)(H,13,14)(H,15,16);;;;/q;4*+1/p-4. The summed E-state index contributed by atoms with van der Waals surface area (Å²) in [6.07, 6.45) is -4.49. The summed E-state index contributed by atoms with van der Waals surface area (Å²) >= 11 is 0. The first kappa shape index (κ1) is 29.8. The van der Waals surface area contributed by atoms with Gasteiger partial charge in [0, 0.05) is 23.8 Å². The minimum atomic E-state index is -2.24. The fourth-order valence-electron chi connectivity index (χ4n) is 1.65. The van der Waals surface area contributed by atoms with Crippen molar-refractivity contribution in [2.24, 2.45) is 11.8 Å². The topological polar surface area (TPSA) is 170 Å². The molecule has 0 spiro atoms. The maximum atomic E-state index is 10.6.